The molecule has 7 nitrogen and oxygen atoms in total. The van der Waals surface area contributed by atoms with E-state index in [0.717, 1.165) is 6.21 Å². The maximum absolute atomic E-state index is 11.4. The molecule has 1 amide bonds. The lowest BCUT2D eigenvalue weighted by molar-refractivity contribution is -0.121. The second kappa shape index (κ2) is 5.94. The summed E-state index contributed by atoms with van der Waals surface area (Å²) in [5.74, 6) is -0.657. The quantitative estimate of drug-likeness (QED) is 0.355. The number of aromatic nitrogens is 2. The number of amides is 1. The van der Waals surface area contributed by atoms with E-state index in [-0.39, 0.29) is 16.2 Å². The first-order valence-corrected chi connectivity index (χ1v) is 5.33. The lowest BCUT2D eigenvalue weighted by Gasteiger charge is -1.98. The highest BCUT2D eigenvalue weighted by Crippen LogP contribution is 2.03. The van der Waals surface area contributed by atoms with Gasteiger partial charge >= 0.3 is 0 Å². The molecule has 0 saturated carbocycles. The fourth-order valence-corrected chi connectivity index (χ4v) is 1.25. The number of nitrogens with one attached hydrogen (secondary N) is 3. The average molecular weight is 256 g/mol. The number of nitrogens with zero attached hydrogens (tertiary/aromatic N) is 1. The molecule has 0 radical (unpaired) electrons. The van der Waals surface area contributed by atoms with Crippen molar-refractivity contribution in [2.45, 2.75) is 19.8 Å². The van der Waals surface area contributed by atoms with Gasteiger partial charge in [0.05, 0.1) is 6.21 Å². The molecule has 0 aliphatic rings. The topological polar surface area (TPSA) is 110 Å². The monoisotopic (exact) mass is 256 g/mol. The molecule has 0 atom stereocenters. The fourth-order valence-electron chi connectivity index (χ4n) is 1.06. The number of rotatable bonds is 4. The van der Waals surface area contributed by atoms with Crippen LogP contribution in [0, 0.1) is 4.77 Å². The molecule has 0 unspecified atom stereocenters. The van der Waals surface area contributed by atoms with E-state index in [1.165, 1.54) is 0 Å². The molecule has 0 fully saturated rings. The summed E-state index contributed by atoms with van der Waals surface area (Å²) in [6.45, 7) is 1.86. The van der Waals surface area contributed by atoms with Crippen molar-refractivity contribution in [3.63, 3.8) is 0 Å². The number of H-pyrrole nitrogens is 2. The van der Waals surface area contributed by atoms with E-state index in [2.05, 4.69) is 32.7 Å². The first kappa shape index (κ1) is 13.1. The van der Waals surface area contributed by atoms with E-state index in [1.54, 1.807) is 0 Å². The third-order valence-electron chi connectivity index (χ3n) is 1.82. The first-order valence-electron chi connectivity index (χ1n) is 4.92. The highest BCUT2D eigenvalue weighted by Gasteiger charge is 2.04. The smallest absolute Gasteiger partial charge is 0.264 e. The predicted molar refractivity (Wildman–Crippen MR) is 64.6 cm³/mol. The van der Waals surface area contributed by atoms with Gasteiger partial charge in [-0.05, 0) is 18.6 Å². The minimum absolute atomic E-state index is 0.0136. The van der Waals surface area contributed by atoms with E-state index in [1.807, 2.05) is 6.92 Å². The number of aromatic hydroxyl groups is 1. The van der Waals surface area contributed by atoms with Crippen molar-refractivity contribution in [3.8, 4) is 5.88 Å². The third-order valence-corrected chi connectivity index (χ3v) is 2.02. The van der Waals surface area contributed by atoms with Gasteiger partial charge in [0.15, 0.2) is 4.77 Å². The van der Waals surface area contributed by atoms with Crippen LogP contribution in [0.4, 0.5) is 0 Å². The summed E-state index contributed by atoms with van der Waals surface area (Å²) in [5, 5.41) is 12.9. The number of hydrogen-bond donors (Lipinski definition) is 4. The zero-order valence-corrected chi connectivity index (χ0v) is 9.93. The Balaban J connectivity index is 2.82. The molecule has 0 aromatic carbocycles. The van der Waals surface area contributed by atoms with Gasteiger partial charge in [0.25, 0.3) is 5.56 Å². The van der Waals surface area contributed by atoms with Crippen LogP contribution in [0.2, 0.25) is 0 Å². The second-order valence-corrected chi connectivity index (χ2v) is 3.62. The van der Waals surface area contributed by atoms with Gasteiger partial charge in [-0.15, -0.1) is 0 Å². The van der Waals surface area contributed by atoms with Gasteiger partial charge < -0.3 is 10.1 Å². The average Bonchev–Trinajstić information content (AvgIpc) is 2.22. The SMILES string of the molecule is CCCC(=O)N/N=C/c1c(O)[nH]c(=S)[nH]c1=O. The van der Waals surface area contributed by atoms with E-state index in [4.69, 9.17) is 0 Å². The Morgan fingerprint density at radius 3 is 2.88 bits per heavy atom. The Bertz CT molecular complexity index is 546. The maximum atomic E-state index is 11.4. The molecular weight excluding hydrogens is 244 g/mol. The number of carbonyl (C=O) groups is 1. The van der Waals surface area contributed by atoms with Gasteiger partial charge in [0.1, 0.15) is 5.56 Å². The van der Waals surface area contributed by atoms with Crippen molar-refractivity contribution in [2.24, 2.45) is 5.10 Å². The molecule has 1 aromatic heterocycles. The van der Waals surface area contributed by atoms with Crippen LogP contribution in [0.15, 0.2) is 9.90 Å². The highest BCUT2D eigenvalue weighted by atomic mass is 32.1. The van der Waals surface area contributed by atoms with Gasteiger partial charge in [0, 0.05) is 6.42 Å². The number of hydrazone groups is 1. The Kier molecular flexibility index (Phi) is 4.58. The number of aromatic amines is 2. The Morgan fingerprint density at radius 2 is 2.29 bits per heavy atom. The number of carbonyl (C=O) groups excluding carboxylic acids is 1. The molecular formula is C9H12N4O3S. The normalized spacial score (nSPS) is 10.6. The van der Waals surface area contributed by atoms with Crippen molar-refractivity contribution < 1.29 is 9.90 Å². The first-order chi connectivity index (χ1) is 8.04. The second-order valence-electron chi connectivity index (χ2n) is 3.21. The molecule has 0 bridgehead atoms. The lowest BCUT2D eigenvalue weighted by Crippen LogP contribution is -2.19. The molecule has 17 heavy (non-hydrogen) atoms. The van der Waals surface area contributed by atoms with Crippen LogP contribution in [0.25, 0.3) is 0 Å². The number of hydrogen-bond acceptors (Lipinski definition) is 5. The van der Waals surface area contributed by atoms with Gasteiger partial charge in [-0.2, -0.15) is 5.10 Å². The zero-order valence-electron chi connectivity index (χ0n) is 9.11. The minimum Gasteiger partial charge on any atom is -0.494 e. The molecule has 0 spiro atoms. The van der Waals surface area contributed by atoms with E-state index in [0.29, 0.717) is 12.8 Å². The van der Waals surface area contributed by atoms with E-state index < -0.39 is 11.4 Å². The third kappa shape index (κ3) is 3.83. The maximum Gasteiger partial charge on any atom is 0.264 e. The summed E-state index contributed by atoms with van der Waals surface area (Å²) in [6, 6.07) is 0. The molecule has 8 heteroatoms. The molecule has 0 saturated heterocycles. The van der Waals surface area contributed by atoms with Crippen LogP contribution in [-0.4, -0.2) is 27.2 Å². The van der Waals surface area contributed by atoms with Gasteiger partial charge in [-0.3, -0.25) is 14.6 Å². The van der Waals surface area contributed by atoms with Crippen LogP contribution in [0.3, 0.4) is 0 Å². The molecule has 4 N–H and O–H groups in total. The van der Waals surface area contributed by atoms with Crippen LogP contribution < -0.4 is 11.0 Å². The summed E-state index contributed by atoms with van der Waals surface area (Å²) < 4.78 is 0.0136. The van der Waals surface area contributed by atoms with Gasteiger partial charge in [0.2, 0.25) is 11.8 Å². The van der Waals surface area contributed by atoms with E-state index in [9.17, 15) is 14.7 Å². The molecule has 1 aromatic rings. The van der Waals surface area contributed by atoms with Crippen LogP contribution in [0.5, 0.6) is 5.88 Å². The molecule has 1 heterocycles. The summed E-state index contributed by atoms with van der Waals surface area (Å²) in [7, 11) is 0. The molecule has 0 aliphatic carbocycles. The molecule has 1 rings (SSSR count). The summed E-state index contributed by atoms with van der Waals surface area (Å²) in [4.78, 5) is 27.1. The van der Waals surface area contributed by atoms with Crippen LogP contribution in [0.1, 0.15) is 25.3 Å². The Labute approximate surface area is 102 Å². The van der Waals surface area contributed by atoms with Crippen LogP contribution in [-0.2, 0) is 4.79 Å². The van der Waals surface area contributed by atoms with Crippen molar-refractivity contribution in [2.75, 3.05) is 0 Å². The minimum atomic E-state index is -0.584. The summed E-state index contributed by atoms with van der Waals surface area (Å²) in [5.41, 5.74) is 1.54. The van der Waals surface area contributed by atoms with Crippen molar-refractivity contribution in [3.05, 3.63) is 20.7 Å². The van der Waals surface area contributed by atoms with Gasteiger partial charge in [-0.25, -0.2) is 5.43 Å². The highest BCUT2D eigenvalue weighted by molar-refractivity contribution is 7.71. The van der Waals surface area contributed by atoms with Crippen molar-refractivity contribution in [1.29, 1.82) is 0 Å². The van der Waals surface area contributed by atoms with Crippen molar-refractivity contribution in [1.82, 2.24) is 15.4 Å². The predicted octanol–water partition coefficient (Wildman–Crippen LogP) is 0.388. The fraction of sp³-hybridized carbons (Fsp3) is 0.333. The Hall–Kier alpha value is -1.96. The summed E-state index contributed by atoms with van der Waals surface area (Å²) in [6.07, 6.45) is 2.09. The zero-order chi connectivity index (χ0) is 12.8. The Morgan fingerprint density at radius 1 is 1.59 bits per heavy atom. The summed E-state index contributed by atoms with van der Waals surface area (Å²) >= 11 is 4.65. The molecule has 92 valence electrons. The lowest BCUT2D eigenvalue weighted by atomic mass is 10.3. The largest absolute Gasteiger partial charge is 0.494 e. The standard InChI is InChI=1S/C9H12N4O3S/c1-2-3-6(14)13-10-4-5-7(15)11-9(17)12-8(5)16/h4H,2-3H2,1H3,(H,13,14)(H3,11,12,15,16,17)/b10-4+. The molecule has 0 aliphatic heterocycles. The van der Waals surface area contributed by atoms with Crippen LogP contribution >= 0.6 is 12.2 Å². The van der Waals surface area contributed by atoms with Crippen molar-refractivity contribution >= 4 is 24.3 Å². The van der Waals surface area contributed by atoms with E-state index >= 15 is 0 Å². The van der Waals surface area contributed by atoms with Gasteiger partial charge in [-0.1, -0.05) is 6.92 Å².